The Balaban J connectivity index is 2.05. The molecule has 1 aliphatic rings. The fourth-order valence-electron chi connectivity index (χ4n) is 3.01. The molecule has 1 heterocycles. The summed E-state index contributed by atoms with van der Waals surface area (Å²) in [6.07, 6.45) is 5.04. The summed E-state index contributed by atoms with van der Waals surface area (Å²) in [5.41, 5.74) is 6.48. The molecule has 1 saturated carbocycles. The Hall–Kier alpha value is -2.08. The quantitative estimate of drug-likeness (QED) is 0.900. The van der Waals surface area contributed by atoms with Crippen LogP contribution in [0.2, 0.25) is 0 Å². The highest BCUT2D eigenvalue weighted by Gasteiger charge is 2.35. The van der Waals surface area contributed by atoms with Crippen molar-refractivity contribution in [1.29, 1.82) is 0 Å². The molecule has 21 heavy (non-hydrogen) atoms. The number of aromatic amines is 1. The summed E-state index contributed by atoms with van der Waals surface area (Å²) in [6, 6.07) is 7.32. The van der Waals surface area contributed by atoms with E-state index >= 15 is 0 Å². The molecule has 0 amide bonds. The number of benzene rings is 1. The Bertz CT molecular complexity index is 666. The zero-order valence-electron chi connectivity index (χ0n) is 12.1. The second-order valence-electron chi connectivity index (χ2n) is 5.60. The van der Waals surface area contributed by atoms with Crippen molar-refractivity contribution in [2.24, 2.45) is 5.73 Å². The predicted octanol–water partition coefficient (Wildman–Crippen LogP) is 1.69. The van der Waals surface area contributed by atoms with Crippen LogP contribution in [0.4, 0.5) is 0 Å². The van der Waals surface area contributed by atoms with E-state index in [1.165, 1.54) is 6.42 Å². The molecule has 1 fully saturated rings. The summed E-state index contributed by atoms with van der Waals surface area (Å²) in [7, 11) is 1.61. The minimum atomic E-state index is -0.530. The Labute approximate surface area is 122 Å². The maximum Gasteiger partial charge on any atom is 0.347 e. The first-order valence-corrected chi connectivity index (χ1v) is 7.25. The highest BCUT2D eigenvalue weighted by atomic mass is 16.5. The van der Waals surface area contributed by atoms with E-state index in [0.29, 0.717) is 5.82 Å². The summed E-state index contributed by atoms with van der Waals surface area (Å²) in [5, 5.41) is 6.73. The lowest BCUT2D eigenvalue weighted by Gasteiger charge is -2.32. The number of ether oxygens (including phenoxy) is 1. The van der Waals surface area contributed by atoms with Gasteiger partial charge in [0.15, 0.2) is 5.82 Å². The Morgan fingerprint density at radius 2 is 1.90 bits per heavy atom. The summed E-state index contributed by atoms with van der Waals surface area (Å²) in [4.78, 5) is 12.1. The molecule has 6 nitrogen and oxygen atoms in total. The van der Waals surface area contributed by atoms with Crippen LogP contribution in [-0.2, 0) is 5.54 Å². The van der Waals surface area contributed by atoms with E-state index in [2.05, 4.69) is 10.2 Å². The first kappa shape index (κ1) is 13.9. The molecule has 3 N–H and O–H groups in total. The van der Waals surface area contributed by atoms with Crippen molar-refractivity contribution in [3.63, 3.8) is 0 Å². The third-order valence-corrected chi connectivity index (χ3v) is 4.19. The van der Waals surface area contributed by atoms with Gasteiger partial charge in [0.05, 0.1) is 18.3 Å². The van der Waals surface area contributed by atoms with Crippen molar-refractivity contribution in [2.45, 2.75) is 37.6 Å². The van der Waals surface area contributed by atoms with E-state index < -0.39 is 5.54 Å². The van der Waals surface area contributed by atoms with Crippen LogP contribution < -0.4 is 16.2 Å². The van der Waals surface area contributed by atoms with Crippen molar-refractivity contribution in [3.05, 3.63) is 40.6 Å². The van der Waals surface area contributed by atoms with Gasteiger partial charge in [-0.25, -0.2) is 14.5 Å². The van der Waals surface area contributed by atoms with Crippen LogP contribution in [0.25, 0.3) is 5.69 Å². The Kier molecular flexibility index (Phi) is 3.55. The van der Waals surface area contributed by atoms with Gasteiger partial charge in [-0.05, 0) is 37.1 Å². The summed E-state index contributed by atoms with van der Waals surface area (Å²) in [6.45, 7) is 0. The van der Waals surface area contributed by atoms with Crippen molar-refractivity contribution < 1.29 is 4.74 Å². The molecule has 0 bridgehead atoms. The molecule has 0 spiro atoms. The zero-order valence-corrected chi connectivity index (χ0v) is 12.1. The fraction of sp³-hybridized carbons (Fsp3) is 0.467. The summed E-state index contributed by atoms with van der Waals surface area (Å²) >= 11 is 0. The van der Waals surface area contributed by atoms with Crippen LogP contribution in [0.15, 0.2) is 29.1 Å². The number of hydrogen-bond acceptors (Lipinski definition) is 4. The Morgan fingerprint density at radius 1 is 1.24 bits per heavy atom. The molecule has 0 radical (unpaired) electrons. The van der Waals surface area contributed by atoms with Gasteiger partial charge in [0.25, 0.3) is 0 Å². The lowest BCUT2D eigenvalue weighted by Crippen LogP contribution is -2.42. The number of nitrogens with zero attached hydrogens (tertiary/aromatic N) is 2. The highest BCUT2D eigenvalue weighted by molar-refractivity contribution is 5.38. The molecular weight excluding hydrogens is 268 g/mol. The first-order chi connectivity index (χ1) is 10.1. The average Bonchev–Trinajstić information content (AvgIpc) is 2.91. The van der Waals surface area contributed by atoms with Crippen molar-refractivity contribution >= 4 is 0 Å². The highest BCUT2D eigenvalue weighted by Crippen LogP contribution is 2.34. The number of hydrogen-bond donors (Lipinski definition) is 2. The number of rotatable bonds is 3. The lowest BCUT2D eigenvalue weighted by atomic mass is 9.82. The smallest absolute Gasteiger partial charge is 0.347 e. The predicted molar refractivity (Wildman–Crippen MR) is 79.7 cm³/mol. The number of H-pyrrole nitrogens is 1. The SMILES string of the molecule is COc1ccc(-n2c(C3(N)CCCCC3)n[nH]c2=O)cc1. The van der Waals surface area contributed by atoms with Gasteiger partial charge in [0.1, 0.15) is 5.75 Å². The van der Waals surface area contributed by atoms with E-state index in [9.17, 15) is 4.79 Å². The number of aromatic nitrogens is 3. The van der Waals surface area contributed by atoms with Gasteiger partial charge in [-0.3, -0.25) is 0 Å². The lowest BCUT2D eigenvalue weighted by molar-refractivity contribution is 0.283. The average molecular weight is 288 g/mol. The maximum absolute atomic E-state index is 12.1. The fourth-order valence-corrected chi connectivity index (χ4v) is 3.01. The van der Waals surface area contributed by atoms with Crippen LogP contribution in [0.5, 0.6) is 5.75 Å². The molecule has 0 atom stereocenters. The van der Waals surface area contributed by atoms with Gasteiger partial charge in [0.2, 0.25) is 0 Å². The van der Waals surface area contributed by atoms with E-state index in [1.54, 1.807) is 11.7 Å². The molecule has 3 rings (SSSR count). The third-order valence-electron chi connectivity index (χ3n) is 4.19. The minimum absolute atomic E-state index is 0.259. The number of nitrogens with two attached hydrogens (primary N) is 1. The maximum atomic E-state index is 12.1. The molecule has 1 aromatic carbocycles. The second kappa shape index (κ2) is 5.37. The number of nitrogens with one attached hydrogen (secondary N) is 1. The topological polar surface area (TPSA) is 85.9 Å². The standard InChI is InChI=1S/C15H20N4O2/c1-21-12-7-5-11(6-8-12)19-13(17-18-14(19)20)15(16)9-3-2-4-10-15/h5-8H,2-4,9-10,16H2,1H3,(H,18,20). The van der Waals surface area contributed by atoms with Gasteiger partial charge in [0, 0.05) is 0 Å². The van der Waals surface area contributed by atoms with Crippen LogP contribution >= 0.6 is 0 Å². The van der Waals surface area contributed by atoms with Gasteiger partial charge in [-0.1, -0.05) is 19.3 Å². The van der Waals surface area contributed by atoms with Gasteiger partial charge < -0.3 is 10.5 Å². The van der Waals surface area contributed by atoms with E-state index in [-0.39, 0.29) is 5.69 Å². The molecule has 1 aromatic heterocycles. The van der Waals surface area contributed by atoms with Crippen LogP contribution in [0.3, 0.4) is 0 Å². The molecule has 112 valence electrons. The molecule has 2 aromatic rings. The summed E-state index contributed by atoms with van der Waals surface area (Å²) in [5.74, 6) is 1.37. The van der Waals surface area contributed by atoms with Gasteiger partial charge in [-0.15, -0.1) is 0 Å². The zero-order chi connectivity index (χ0) is 14.9. The monoisotopic (exact) mass is 288 g/mol. The van der Waals surface area contributed by atoms with E-state index in [0.717, 1.165) is 37.1 Å². The van der Waals surface area contributed by atoms with Crippen molar-refractivity contribution in [1.82, 2.24) is 14.8 Å². The van der Waals surface area contributed by atoms with E-state index in [4.69, 9.17) is 10.5 Å². The van der Waals surface area contributed by atoms with Gasteiger partial charge in [-0.2, -0.15) is 5.10 Å². The molecule has 6 heteroatoms. The van der Waals surface area contributed by atoms with Crippen LogP contribution in [-0.4, -0.2) is 21.9 Å². The molecule has 0 aliphatic heterocycles. The second-order valence-corrected chi connectivity index (χ2v) is 5.60. The molecule has 1 aliphatic carbocycles. The molecule has 0 unspecified atom stereocenters. The number of methoxy groups -OCH3 is 1. The first-order valence-electron chi connectivity index (χ1n) is 7.25. The summed E-state index contributed by atoms with van der Waals surface area (Å²) < 4.78 is 6.72. The van der Waals surface area contributed by atoms with E-state index in [1.807, 2.05) is 24.3 Å². The minimum Gasteiger partial charge on any atom is -0.497 e. The normalized spacial score (nSPS) is 17.6. The van der Waals surface area contributed by atoms with Crippen molar-refractivity contribution in [3.8, 4) is 11.4 Å². The molecular formula is C15H20N4O2. The Morgan fingerprint density at radius 3 is 2.52 bits per heavy atom. The van der Waals surface area contributed by atoms with Crippen molar-refractivity contribution in [2.75, 3.05) is 7.11 Å². The van der Waals surface area contributed by atoms with Crippen LogP contribution in [0, 0.1) is 0 Å². The van der Waals surface area contributed by atoms with Gasteiger partial charge >= 0.3 is 5.69 Å². The molecule has 0 saturated heterocycles. The largest absolute Gasteiger partial charge is 0.497 e. The van der Waals surface area contributed by atoms with Crippen LogP contribution in [0.1, 0.15) is 37.9 Å². The third kappa shape index (κ3) is 2.47.